The third-order valence-corrected chi connectivity index (χ3v) is 7.62. The molecule has 2 aromatic carbocycles. The van der Waals surface area contributed by atoms with Crippen LogP contribution in [-0.2, 0) is 19.4 Å². The molecular formula is C26H34F3N3O4S2. The molecule has 0 spiro atoms. The molecule has 0 heterocycles. The van der Waals surface area contributed by atoms with E-state index in [2.05, 4.69) is 10.6 Å². The molecule has 12 heteroatoms. The summed E-state index contributed by atoms with van der Waals surface area (Å²) in [6, 6.07) is 7.35. The van der Waals surface area contributed by atoms with Gasteiger partial charge in [0.15, 0.2) is 9.84 Å². The Morgan fingerprint density at radius 1 is 0.974 bits per heavy atom. The highest BCUT2D eigenvalue weighted by atomic mass is 32.2. The van der Waals surface area contributed by atoms with Crippen LogP contribution in [-0.4, -0.2) is 56.8 Å². The maximum atomic E-state index is 14.2. The van der Waals surface area contributed by atoms with Crippen molar-refractivity contribution in [3.05, 3.63) is 54.1 Å². The van der Waals surface area contributed by atoms with E-state index >= 15 is 0 Å². The minimum Gasteiger partial charge on any atom is -0.368 e. The van der Waals surface area contributed by atoms with Crippen LogP contribution in [0.1, 0.15) is 38.3 Å². The summed E-state index contributed by atoms with van der Waals surface area (Å²) in [6.07, 6.45) is -1.42. The van der Waals surface area contributed by atoms with Crippen molar-refractivity contribution in [2.45, 2.75) is 55.9 Å². The molecule has 2 rings (SSSR count). The number of nitrogens with one attached hydrogen (secondary N) is 2. The van der Waals surface area contributed by atoms with Crippen molar-refractivity contribution in [1.29, 1.82) is 0 Å². The topological polar surface area (TPSA) is 118 Å². The molecule has 0 aliphatic rings. The molecule has 3 atom stereocenters. The fourth-order valence-electron chi connectivity index (χ4n) is 3.86. The molecule has 0 saturated heterocycles. The summed E-state index contributed by atoms with van der Waals surface area (Å²) in [4.78, 5) is 24.9. The predicted octanol–water partition coefficient (Wildman–Crippen LogP) is 4.09. The highest BCUT2D eigenvalue weighted by Gasteiger charge is 2.43. The summed E-state index contributed by atoms with van der Waals surface area (Å²) in [6.45, 7) is 3.57. The lowest BCUT2D eigenvalue weighted by Crippen LogP contribution is -2.54. The highest BCUT2D eigenvalue weighted by molar-refractivity contribution is 7.98. The first-order valence-electron chi connectivity index (χ1n) is 11.9. The van der Waals surface area contributed by atoms with Gasteiger partial charge in [0.2, 0.25) is 11.8 Å². The fourth-order valence-corrected chi connectivity index (χ4v) is 4.96. The summed E-state index contributed by atoms with van der Waals surface area (Å²) < 4.78 is 65.9. The van der Waals surface area contributed by atoms with Crippen molar-refractivity contribution in [1.82, 2.24) is 10.6 Å². The maximum absolute atomic E-state index is 14.2. The molecule has 0 aliphatic heterocycles. The Kier molecular flexibility index (Phi) is 11.2. The van der Waals surface area contributed by atoms with Gasteiger partial charge in [-0.1, -0.05) is 50.2 Å². The smallest absolute Gasteiger partial charge is 0.368 e. The number of halogens is 3. The van der Waals surface area contributed by atoms with Gasteiger partial charge in [0.1, 0.15) is 12.1 Å². The second kappa shape index (κ2) is 13.5. The Morgan fingerprint density at radius 3 is 1.92 bits per heavy atom. The molecule has 4 N–H and O–H groups in total. The Balaban J connectivity index is 2.31. The second-order valence-electron chi connectivity index (χ2n) is 9.49. The van der Waals surface area contributed by atoms with Gasteiger partial charge in [-0.2, -0.15) is 24.9 Å². The number of benzene rings is 2. The normalized spacial score (nSPS) is 14.6. The number of nitrogens with two attached hydrogens (primary N) is 1. The van der Waals surface area contributed by atoms with E-state index in [-0.39, 0.29) is 29.2 Å². The zero-order chi connectivity index (χ0) is 28.7. The zero-order valence-electron chi connectivity index (χ0n) is 21.7. The summed E-state index contributed by atoms with van der Waals surface area (Å²) >= 11 is 1.46. The fraction of sp³-hybridized carbons (Fsp3) is 0.462. The van der Waals surface area contributed by atoms with E-state index in [4.69, 9.17) is 5.73 Å². The molecule has 0 radical (unpaired) electrons. The highest BCUT2D eigenvalue weighted by Crippen LogP contribution is 2.35. The molecule has 2 aromatic rings. The van der Waals surface area contributed by atoms with Gasteiger partial charge in [0.25, 0.3) is 0 Å². The van der Waals surface area contributed by atoms with Gasteiger partial charge in [-0.3, -0.25) is 14.9 Å². The number of thioether (sulfide) groups is 1. The maximum Gasteiger partial charge on any atom is 0.407 e. The SMILES string of the molecule is CSCC[C@H](NC(=O)[C@H](CC(C)C)N[C@@H](c1ccc(-c2ccc(S(C)(=O)=O)cc2)cc1)C(F)(F)F)C(N)=O. The Hall–Kier alpha value is -2.57. The molecule has 2 amide bonds. The summed E-state index contributed by atoms with van der Waals surface area (Å²) in [5.74, 6) is -1.03. The Morgan fingerprint density at radius 2 is 1.50 bits per heavy atom. The molecule has 7 nitrogen and oxygen atoms in total. The monoisotopic (exact) mass is 573 g/mol. The lowest BCUT2D eigenvalue weighted by Gasteiger charge is -2.29. The number of hydrogen-bond donors (Lipinski definition) is 3. The molecular weight excluding hydrogens is 539 g/mol. The Bertz CT molecular complexity index is 1190. The number of amides is 2. The third-order valence-electron chi connectivity index (χ3n) is 5.85. The number of carbonyl (C=O) groups excluding carboxylic acids is 2. The van der Waals surface area contributed by atoms with Gasteiger partial charge < -0.3 is 11.1 Å². The number of sulfone groups is 1. The minimum atomic E-state index is -4.71. The van der Waals surface area contributed by atoms with Gasteiger partial charge in [-0.15, -0.1) is 0 Å². The summed E-state index contributed by atoms with van der Waals surface area (Å²) in [5.41, 5.74) is 6.53. The van der Waals surface area contributed by atoms with Crippen LogP contribution in [0.25, 0.3) is 11.1 Å². The zero-order valence-corrected chi connectivity index (χ0v) is 23.3. The number of primary amides is 1. The largest absolute Gasteiger partial charge is 0.407 e. The number of carbonyl (C=O) groups is 2. The van der Waals surface area contributed by atoms with E-state index in [9.17, 15) is 31.2 Å². The average molecular weight is 574 g/mol. The molecule has 210 valence electrons. The first-order chi connectivity index (χ1) is 17.6. The summed E-state index contributed by atoms with van der Waals surface area (Å²) in [7, 11) is -3.37. The molecule has 0 aliphatic carbocycles. The molecule has 0 saturated carbocycles. The van der Waals surface area contributed by atoms with E-state index in [1.165, 1.54) is 48.2 Å². The number of rotatable bonds is 13. The minimum absolute atomic E-state index is 0.0932. The van der Waals surface area contributed by atoms with Crippen molar-refractivity contribution in [2.75, 3.05) is 18.3 Å². The first-order valence-corrected chi connectivity index (χ1v) is 15.2. The van der Waals surface area contributed by atoms with Crippen molar-refractivity contribution in [3.8, 4) is 11.1 Å². The molecule has 0 fully saturated rings. The Labute approximate surface area is 226 Å². The van der Waals surface area contributed by atoms with E-state index < -0.39 is 46.0 Å². The van der Waals surface area contributed by atoms with Crippen molar-refractivity contribution in [3.63, 3.8) is 0 Å². The van der Waals surface area contributed by atoms with Crippen molar-refractivity contribution < 1.29 is 31.2 Å². The summed E-state index contributed by atoms with van der Waals surface area (Å²) in [5, 5.41) is 4.98. The molecule has 38 heavy (non-hydrogen) atoms. The van der Waals surface area contributed by atoms with Gasteiger partial charge in [-0.05, 0) is 59.6 Å². The van der Waals surface area contributed by atoms with Crippen LogP contribution < -0.4 is 16.4 Å². The number of alkyl halides is 3. The van der Waals surface area contributed by atoms with Crippen LogP contribution >= 0.6 is 11.8 Å². The van der Waals surface area contributed by atoms with Gasteiger partial charge in [-0.25, -0.2) is 8.42 Å². The second-order valence-corrected chi connectivity index (χ2v) is 12.5. The third kappa shape index (κ3) is 9.32. The quantitative estimate of drug-likeness (QED) is 0.332. The van der Waals surface area contributed by atoms with Gasteiger partial charge >= 0.3 is 6.18 Å². The number of hydrogen-bond acceptors (Lipinski definition) is 6. The van der Waals surface area contributed by atoms with Crippen molar-refractivity contribution in [2.24, 2.45) is 11.7 Å². The molecule has 0 unspecified atom stereocenters. The van der Waals surface area contributed by atoms with E-state index in [1.54, 1.807) is 26.0 Å². The van der Waals surface area contributed by atoms with Gasteiger partial charge in [0.05, 0.1) is 10.9 Å². The van der Waals surface area contributed by atoms with Crippen LogP contribution in [0.15, 0.2) is 53.4 Å². The lowest BCUT2D eigenvalue weighted by atomic mass is 9.97. The van der Waals surface area contributed by atoms with E-state index in [0.717, 1.165) is 6.26 Å². The first kappa shape index (κ1) is 31.6. The molecule has 0 aromatic heterocycles. The lowest BCUT2D eigenvalue weighted by molar-refractivity contribution is -0.161. The van der Waals surface area contributed by atoms with Crippen LogP contribution in [0.3, 0.4) is 0 Å². The van der Waals surface area contributed by atoms with Crippen molar-refractivity contribution >= 4 is 33.4 Å². The average Bonchev–Trinajstić information content (AvgIpc) is 2.82. The van der Waals surface area contributed by atoms with Crippen LogP contribution in [0.2, 0.25) is 0 Å². The molecule has 0 bridgehead atoms. The van der Waals surface area contributed by atoms with Crippen LogP contribution in [0, 0.1) is 5.92 Å². The van der Waals surface area contributed by atoms with E-state index in [1.807, 2.05) is 6.26 Å². The predicted molar refractivity (Wildman–Crippen MR) is 144 cm³/mol. The van der Waals surface area contributed by atoms with Gasteiger partial charge in [0, 0.05) is 6.26 Å². The van der Waals surface area contributed by atoms with Crippen LogP contribution in [0.5, 0.6) is 0 Å². The van der Waals surface area contributed by atoms with Crippen LogP contribution in [0.4, 0.5) is 13.2 Å². The standard InChI is InChI=1S/C26H34F3N3O4S2/c1-16(2)15-22(25(34)32-21(24(30)33)13-14-37-3)31-23(26(27,28)29)19-7-5-17(6-8-19)18-9-11-20(12-10-18)38(4,35)36/h5-12,16,21-23,31H,13-15H2,1-4H3,(H2,30,33)(H,32,34)/t21-,22-,23-/m0/s1. The van der Waals surface area contributed by atoms with E-state index in [0.29, 0.717) is 16.9 Å².